The Kier molecular flexibility index (Phi) is 9.60. The molecule has 0 amide bonds. The van der Waals surface area contributed by atoms with Crippen molar-refractivity contribution in [1.29, 1.82) is 0 Å². The lowest BCUT2D eigenvalue weighted by atomic mass is 10.0. The van der Waals surface area contributed by atoms with Crippen molar-refractivity contribution < 1.29 is 28.5 Å². The van der Waals surface area contributed by atoms with E-state index in [0.29, 0.717) is 35.1 Å². The first-order chi connectivity index (χ1) is 17.2. The van der Waals surface area contributed by atoms with E-state index in [1.807, 2.05) is 55.5 Å². The maximum Gasteiger partial charge on any atom is 0.310 e. The zero-order valence-electron chi connectivity index (χ0n) is 19.9. The largest absolute Gasteiger partial charge is 0.481 e. The first-order valence-electron chi connectivity index (χ1n) is 11.0. The Morgan fingerprint density at radius 3 is 1.61 bits per heavy atom. The molecule has 8 nitrogen and oxygen atoms in total. The van der Waals surface area contributed by atoms with Gasteiger partial charge in [0.15, 0.2) is 11.5 Å². The summed E-state index contributed by atoms with van der Waals surface area (Å²) in [4.78, 5) is 22.4. The summed E-state index contributed by atoms with van der Waals surface area (Å²) in [5, 5.41) is 16.6. The number of benzene rings is 2. The van der Waals surface area contributed by atoms with E-state index in [9.17, 15) is 9.59 Å². The van der Waals surface area contributed by atoms with Crippen LogP contribution >= 0.6 is 31.9 Å². The third kappa shape index (κ3) is 7.14. The molecule has 0 aliphatic carbocycles. The lowest BCUT2D eigenvalue weighted by Gasteiger charge is -2.03. The maximum absolute atomic E-state index is 11.6. The van der Waals surface area contributed by atoms with Crippen LogP contribution in [0.25, 0.3) is 22.6 Å². The van der Waals surface area contributed by atoms with Crippen LogP contribution in [0.5, 0.6) is 0 Å². The van der Waals surface area contributed by atoms with Crippen LogP contribution in [-0.4, -0.2) is 34.0 Å². The second-order valence-corrected chi connectivity index (χ2v) is 9.55. The maximum atomic E-state index is 11.6. The number of hydrogen-bond acceptors (Lipinski definition) is 7. The Bertz CT molecular complexity index is 1330. The summed E-state index contributed by atoms with van der Waals surface area (Å²) in [6.45, 7) is 5.72. The van der Waals surface area contributed by atoms with E-state index in [-0.39, 0.29) is 18.8 Å². The van der Waals surface area contributed by atoms with E-state index in [4.69, 9.17) is 18.9 Å². The van der Waals surface area contributed by atoms with Gasteiger partial charge in [0.25, 0.3) is 0 Å². The number of aryl methyl sites for hydroxylation is 2. The molecule has 2 aromatic carbocycles. The van der Waals surface area contributed by atoms with Gasteiger partial charge >= 0.3 is 11.9 Å². The zero-order valence-corrected chi connectivity index (χ0v) is 23.1. The van der Waals surface area contributed by atoms with Gasteiger partial charge in [-0.15, -0.1) is 0 Å². The zero-order chi connectivity index (χ0) is 26.2. The Morgan fingerprint density at radius 2 is 1.22 bits per heavy atom. The van der Waals surface area contributed by atoms with Crippen molar-refractivity contribution in [3.05, 3.63) is 80.0 Å². The molecule has 0 fully saturated rings. The fraction of sp³-hybridized carbons (Fsp3) is 0.231. The second kappa shape index (κ2) is 12.6. The van der Waals surface area contributed by atoms with Gasteiger partial charge in [-0.1, -0.05) is 66.4 Å². The summed E-state index contributed by atoms with van der Waals surface area (Å²) in [6, 6.07) is 15.1. The van der Waals surface area contributed by atoms with Crippen molar-refractivity contribution in [3.63, 3.8) is 0 Å². The average Bonchev–Trinajstić information content (AvgIpc) is 3.38. The molecule has 36 heavy (non-hydrogen) atoms. The molecule has 0 bridgehead atoms. The molecular formula is C26H24Br2N2O6. The normalized spacial score (nSPS) is 10.5. The molecule has 0 aliphatic heterocycles. The Hall–Kier alpha value is -3.24. The van der Waals surface area contributed by atoms with Crippen LogP contribution in [0.15, 0.2) is 66.5 Å². The number of carboxylic acids is 1. The summed E-state index contributed by atoms with van der Waals surface area (Å²) in [5.74, 6) is -0.0164. The lowest BCUT2D eigenvalue weighted by molar-refractivity contribution is -0.142. The van der Waals surface area contributed by atoms with Crippen molar-refractivity contribution in [1.82, 2.24) is 10.3 Å². The number of esters is 1. The average molecular weight is 620 g/mol. The van der Waals surface area contributed by atoms with Gasteiger partial charge in [-0.05, 0) is 45.0 Å². The summed E-state index contributed by atoms with van der Waals surface area (Å²) in [5.41, 5.74) is 4.45. The number of halogens is 2. The highest BCUT2D eigenvalue weighted by Crippen LogP contribution is 2.29. The van der Waals surface area contributed by atoms with Crippen LogP contribution < -0.4 is 0 Å². The van der Waals surface area contributed by atoms with Crippen molar-refractivity contribution in [3.8, 4) is 22.6 Å². The summed E-state index contributed by atoms with van der Waals surface area (Å²) in [6.07, 6.45) is 0.0926. The monoisotopic (exact) mass is 618 g/mol. The van der Waals surface area contributed by atoms with Gasteiger partial charge in [-0.25, -0.2) is 0 Å². The predicted octanol–water partition coefficient (Wildman–Crippen LogP) is 6.56. The number of aromatic nitrogens is 2. The molecule has 0 atom stereocenters. The molecule has 0 aliphatic rings. The lowest BCUT2D eigenvalue weighted by Crippen LogP contribution is -2.08. The smallest absolute Gasteiger partial charge is 0.310 e. The van der Waals surface area contributed by atoms with Gasteiger partial charge in [0.05, 0.1) is 30.8 Å². The van der Waals surface area contributed by atoms with Crippen LogP contribution in [0.4, 0.5) is 0 Å². The van der Waals surface area contributed by atoms with E-state index < -0.39 is 5.97 Å². The van der Waals surface area contributed by atoms with E-state index in [1.165, 1.54) is 0 Å². The molecule has 2 heterocycles. The fourth-order valence-corrected chi connectivity index (χ4v) is 3.89. The van der Waals surface area contributed by atoms with Gasteiger partial charge in [-0.3, -0.25) is 9.59 Å². The third-order valence-corrected chi connectivity index (χ3v) is 6.19. The molecule has 0 radical (unpaired) electrons. The van der Waals surface area contributed by atoms with Crippen LogP contribution in [-0.2, 0) is 27.2 Å². The highest BCUT2D eigenvalue weighted by atomic mass is 79.9. The van der Waals surface area contributed by atoms with Crippen LogP contribution in [0, 0.1) is 13.8 Å². The van der Waals surface area contributed by atoms with Crippen molar-refractivity contribution in [2.24, 2.45) is 0 Å². The minimum atomic E-state index is -0.894. The number of aliphatic carboxylic acids is 1. The summed E-state index contributed by atoms with van der Waals surface area (Å²) in [7, 11) is 0. The molecule has 4 aromatic rings. The topological polar surface area (TPSA) is 116 Å². The van der Waals surface area contributed by atoms with Gasteiger partial charge < -0.3 is 18.9 Å². The number of hydrogen-bond donors (Lipinski definition) is 1. The molecule has 0 saturated carbocycles. The summed E-state index contributed by atoms with van der Waals surface area (Å²) >= 11 is 6.72. The van der Waals surface area contributed by atoms with Gasteiger partial charge in [0.2, 0.25) is 0 Å². The SMILES string of the molecule is CCOC(=O)Cc1c(C)noc1-c1ccc(Br)cc1.Cc1noc(-c2ccc(Br)cc2)c1CC(=O)O. The third-order valence-electron chi connectivity index (χ3n) is 5.14. The van der Waals surface area contributed by atoms with Gasteiger partial charge in [0, 0.05) is 31.2 Å². The van der Waals surface area contributed by atoms with Crippen LogP contribution in [0.2, 0.25) is 0 Å². The van der Waals surface area contributed by atoms with E-state index >= 15 is 0 Å². The standard InChI is InChI=1S/C14H14BrNO3.C12H10BrNO3/c1-3-18-13(17)8-12-9(2)16-19-14(12)10-4-6-11(15)7-5-10;1-7-10(6-11(15)16)12(17-14-7)8-2-4-9(13)5-3-8/h4-7H,3,8H2,1-2H3;2-5H,6H2,1H3,(H,15,16). The van der Waals surface area contributed by atoms with E-state index in [0.717, 1.165) is 25.6 Å². The van der Waals surface area contributed by atoms with Crippen molar-refractivity contribution >= 4 is 43.8 Å². The molecule has 0 spiro atoms. The minimum absolute atomic E-state index is 0.0826. The minimum Gasteiger partial charge on any atom is -0.481 e. The molecule has 188 valence electrons. The first-order valence-corrected chi connectivity index (χ1v) is 12.6. The second-order valence-electron chi connectivity index (χ2n) is 7.72. The number of ether oxygens (including phenoxy) is 1. The quantitative estimate of drug-likeness (QED) is 0.231. The van der Waals surface area contributed by atoms with E-state index in [2.05, 4.69) is 42.2 Å². The number of nitrogens with zero attached hydrogens (tertiary/aromatic N) is 2. The van der Waals surface area contributed by atoms with Gasteiger partial charge in [-0.2, -0.15) is 0 Å². The number of carboxylic acid groups (broad SMARTS) is 1. The molecule has 0 unspecified atom stereocenters. The molecule has 2 aromatic heterocycles. The number of carbonyl (C=O) groups excluding carboxylic acids is 1. The highest BCUT2D eigenvalue weighted by Gasteiger charge is 2.19. The molecular weight excluding hydrogens is 596 g/mol. The van der Waals surface area contributed by atoms with E-state index in [1.54, 1.807) is 13.8 Å². The van der Waals surface area contributed by atoms with Crippen LogP contribution in [0.3, 0.4) is 0 Å². The fourth-order valence-electron chi connectivity index (χ4n) is 3.36. The predicted molar refractivity (Wildman–Crippen MR) is 140 cm³/mol. The molecule has 0 saturated heterocycles. The molecule has 1 N–H and O–H groups in total. The Labute approximate surface area is 224 Å². The van der Waals surface area contributed by atoms with Crippen LogP contribution in [0.1, 0.15) is 29.4 Å². The van der Waals surface area contributed by atoms with Gasteiger partial charge in [0.1, 0.15) is 0 Å². The van der Waals surface area contributed by atoms with Crippen molar-refractivity contribution in [2.75, 3.05) is 6.61 Å². The first kappa shape index (κ1) is 27.3. The van der Waals surface area contributed by atoms with Crippen molar-refractivity contribution in [2.45, 2.75) is 33.6 Å². The molecule has 10 heteroatoms. The number of carbonyl (C=O) groups is 2. The highest BCUT2D eigenvalue weighted by molar-refractivity contribution is 9.10. The number of rotatable bonds is 7. The Morgan fingerprint density at radius 1 is 0.806 bits per heavy atom. The Balaban J connectivity index is 0.000000202. The molecule has 4 rings (SSSR count). The summed E-state index contributed by atoms with van der Waals surface area (Å²) < 4.78 is 17.4.